The lowest BCUT2D eigenvalue weighted by Gasteiger charge is -2.44. The number of halogens is 1. The Bertz CT molecular complexity index is 301. The van der Waals surface area contributed by atoms with Gasteiger partial charge in [0.2, 0.25) is 0 Å². The van der Waals surface area contributed by atoms with Crippen LogP contribution in [0.4, 0.5) is 4.39 Å². The van der Waals surface area contributed by atoms with Crippen molar-refractivity contribution in [2.75, 3.05) is 6.54 Å². The molecule has 1 heterocycles. The molecule has 1 unspecified atom stereocenters. The number of rotatable bonds is 3. The predicted molar refractivity (Wildman–Crippen MR) is 55.6 cm³/mol. The van der Waals surface area contributed by atoms with Gasteiger partial charge in [-0.05, 0) is 37.1 Å². The molecular weight excluding hydrogens is 177 g/mol. The normalized spacial score (nSPS) is 25.9. The largest absolute Gasteiger partial charge is 0.307 e. The molecular formula is C12H16FN. The average Bonchev–Trinajstić information content (AvgIpc) is 2.13. The van der Waals surface area contributed by atoms with Gasteiger partial charge >= 0.3 is 0 Å². The molecule has 76 valence electrons. The lowest BCUT2D eigenvalue weighted by atomic mass is 9.77. The molecule has 0 spiro atoms. The highest BCUT2D eigenvalue weighted by Crippen LogP contribution is 2.35. The Balaban J connectivity index is 2.23. The number of hydrogen-bond donors (Lipinski definition) is 1. The third kappa shape index (κ3) is 1.55. The summed E-state index contributed by atoms with van der Waals surface area (Å²) in [6.07, 6.45) is 3.47. The smallest absolute Gasteiger partial charge is 0.123 e. The Kier molecular flexibility index (Phi) is 2.55. The van der Waals surface area contributed by atoms with Crippen LogP contribution < -0.4 is 5.32 Å². The van der Waals surface area contributed by atoms with Crippen molar-refractivity contribution in [1.29, 1.82) is 0 Å². The van der Waals surface area contributed by atoms with Gasteiger partial charge in [0, 0.05) is 5.54 Å². The second kappa shape index (κ2) is 3.70. The zero-order chi connectivity index (χ0) is 10.0. The monoisotopic (exact) mass is 193 g/mol. The molecule has 2 heteroatoms. The van der Waals surface area contributed by atoms with E-state index in [-0.39, 0.29) is 11.4 Å². The Morgan fingerprint density at radius 2 is 2.00 bits per heavy atom. The molecule has 0 aliphatic carbocycles. The molecule has 0 radical (unpaired) electrons. The summed E-state index contributed by atoms with van der Waals surface area (Å²) in [5.74, 6) is -0.153. The molecule has 1 fully saturated rings. The van der Waals surface area contributed by atoms with Crippen molar-refractivity contribution >= 4 is 0 Å². The lowest BCUT2D eigenvalue weighted by molar-refractivity contribution is 0.191. The van der Waals surface area contributed by atoms with E-state index >= 15 is 0 Å². The van der Waals surface area contributed by atoms with E-state index in [0.29, 0.717) is 0 Å². The fraction of sp³-hybridized carbons (Fsp3) is 0.500. The molecule has 0 bridgehead atoms. The van der Waals surface area contributed by atoms with Crippen LogP contribution in [0.15, 0.2) is 24.3 Å². The molecule has 1 aliphatic heterocycles. The second-order valence-electron chi connectivity index (χ2n) is 4.02. The SMILES string of the molecule is CCCC1(c2ccc(F)cc2)CCN1. The van der Waals surface area contributed by atoms with E-state index in [1.165, 1.54) is 12.0 Å². The zero-order valence-corrected chi connectivity index (χ0v) is 8.52. The van der Waals surface area contributed by atoms with Crippen LogP contribution in [0, 0.1) is 5.82 Å². The number of benzene rings is 1. The van der Waals surface area contributed by atoms with Gasteiger partial charge in [-0.15, -0.1) is 0 Å². The minimum Gasteiger partial charge on any atom is -0.307 e. The summed E-state index contributed by atoms with van der Waals surface area (Å²) in [5, 5.41) is 3.47. The van der Waals surface area contributed by atoms with Gasteiger partial charge in [0.1, 0.15) is 5.82 Å². The fourth-order valence-corrected chi connectivity index (χ4v) is 2.23. The van der Waals surface area contributed by atoms with Crippen LogP contribution in [0.1, 0.15) is 31.7 Å². The topological polar surface area (TPSA) is 12.0 Å². The summed E-state index contributed by atoms with van der Waals surface area (Å²) in [6.45, 7) is 3.27. The third-order valence-electron chi connectivity index (χ3n) is 3.09. The first-order valence-electron chi connectivity index (χ1n) is 5.28. The summed E-state index contributed by atoms with van der Waals surface area (Å²) >= 11 is 0. The molecule has 1 atom stereocenters. The van der Waals surface area contributed by atoms with Gasteiger partial charge in [0.05, 0.1) is 0 Å². The van der Waals surface area contributed by atoms with Gasteiger partial charge in [-0.25, -0.2) is 4.39 Å². The number of nitrogens with one attached hydrogen (secondary N) is 1. The summed E-state index contributed by atoms with van der Waals surface area (Å²) < 4.78 is 12.8. The minimum absolute atomic E-state index is 0.141. The maximum Gasteiger partial charge on any atom is 0.123 e. The molecule has 1 nitrogen and oxygen atoms in total. The van der Waals surface area contributed by atoms with E-state index in [0.717, 1.165) is 19.4 Å². The Hall–Kier alpha value is -0.890. The van der Waals surface area contributed by atoms with Crippen LogP contribution in [-0.2, 0) is 5.54 Å². The van der Waals surface area contributed by atoms with Crippen molar-refractivity contribution in [3.05, 3.63) is 35.6 Å². The number of hydrogen-bond acceptors (Lipinski definition) is 1. The zero-order valence-electron chi connectivity index (χ0n) is 8.52. The van der Waals surface area contributed by atoms with E-state index in [1.807, 2.05) is 12.1 Å². The van der Waals surface area contributed by atoms with Crippen LogP contribution in [0.3, 0.4) is 0 Å². The van der Waals surface area contributed by atoms with Gasteiger partial charge < -0.3 is 5.32 Å². The van der Waals surface area contributed by atoms with E-state index in [1.54, 1.807) is 12.1 Å². The quantitative estimate of drug-likeness (QED) is 0.778. The molecule has 1 aliphatic rings. The molecule has 0 saturated carbocycles. The van der Waals surface area contributed by atoms with Crippen molar-refractivity contribution in [1.82, 2.24) is 5.32 Å². The standard InChI is InChI=1S/C12H16FN/c1-2-7-12(8-9-14-12)10-3-5-11(13)6-4-10/h3-6,14H,2,7-9H2,1H3. The molecule has 1 aromatic carbocycles. The van der Waals surface area contributed by atoms with Crippen LogP contribution >= 0.6 is 0 Å². The van der Waals surface area contributed by atoms with E-state index in [9.17, 15) is 4.39 Å². The van der Waals surface area contributed by atoms with E-state index < -0.39 is 0 Å². The molecule has 14 heavy (non-hydrogen) atoms. The third-order valence-corrected chi connectivity index (χ3v) is 3.09. The minimum atomic E-state index is -0.153. The van der Waals surface area contributed by atoms with Crippen molar-refractivity contribution in [2.24, 2.45) is 0 Å². The van der Waals surface area contributed by atoms with Crippen molar-refractivity contribution < 1.29 is 4.39 Å². The molecule has 1 N–H and O–H groups in total. The molecule has 1 saturated heterocycles. The van der Waals surface area contributed by atoms with Crippen molar-refractivity contribution in [2.45, 2.75) is 31.7 Å². The Morgan fingerprint density at radius 3 is 2.43 bits per heavy atom. The molecule has 1 aromatic rings. The first-order valence-corrected chi connectivity index (χ1v) is 5.28. The molecule has 2 rings (SSSR count). The van der Waals surface area contributed by atoms with Crippen molar-refractivity contribution in [3.8, 4) is 0 Å². The van der Waals surface area contributed by atoms with Gasteiger partial charge in [-0.3, -0.25) is 0 Å². The highest BCUT2D eigenvalue weighted by molar-refractivity contribution is 5.27. The molecule has 0 aromatic heterocycles. The van der Waals surface area contributed by atoms with Crippen LogP contribution in [0.2, 0.25) is 0 Å². The van der Waals surface area contributed by atoms with Gasteiger partial charge in [-0.1, -0.05) is 25.5 Å². The summed E-state index contributed by atoms with van der Waals surface area (Å²) in [5.41, 5.74) is 1.37. The Morgan fingerprint density at radius 1 is 1.36 bits per heavy atom. The van der Waals surface area contributed by atoms with Crippen molar-refractivity contribution in [3.63, 3.8) is 0 Å². The fourth-order valence-electron chi connectivity index (χ4n) is 2.23. The van der Waals surface area contributed by atoms with Crippen LogP contribution in [-0.4, -0.2) is 6.54 Å². The first-order chi connectivity index (χ1) is 6.77. The van der Waals surface area contributed by atoms with Gasteiger partial charge in [0.15, 0.2) is 0 Å². The molecule has 0 amide bonds. The Labute approximate surface area is 84.3 Å². The van der Waals surface area contributed by atoms with Crippen LogP contribution in [0.25, 0.3) is 0 Å². The average molecular weight is 193 g/mol. The lowest BCUT2D eigenvalue weighted by Crippen LogP contribution is -2.53. The van der Waals surface area contributed by atoms with Gasteiger partial charge in [-0.2, -0.15) is 0 Å². The highest BCUT2D eigenvalue weighted by Gasteiger charge is 2.36. The van der Waals surface area contributed by atoms with E-state index in [2.05, 4.69) is 12.2 Å². The maximum atomic E-state index is 12.8. The van der Waals surface area contributed by atoms with Gasteiger partial charge in [0.25, 0.3) is 0 Å². The second-order valence-corrected chi connectivity index (χ2v) is 4.02. The van der Waals surface area contributed by atoms with E-state index in [4.69, 9.17) is 0 Å². The maximum absolute atomic E-state index is 12.8. The highest BCUT2D eigenvalue weighted by atomic mass is 19.1. The summed E-state index contributed by atoms with van der Waals surface area (Å²) in [6, 6.07) is 6.90. The van der Waals surface area contributed by atoms with Crippen LogP contribution in [0.5, 0.6) is 0 Å². The summed E-state index contributed by atoms with van der Waals surface area (Å²) in [4.78, 5) is 0. The first kappa shape index (κ1) is 9.66. The summed E-state index contributed by atoms with van der Waals surface area (Å²) in [7, 11) is 0. The predicted octanol–water partition coefficient (Wildman–Crippen LogP) is 2.81.